The van der Waals surface area contributed by atoms with Crippen molar-refractivity contribution >= 4 is 11.9 Å². The Hall–Kier alpha value is -2.04. The second kappa shape index (κ2) is 6.46. The van der Waals surface area contributed by atoms with Gasteiger partial charge in [0.15, 0.2) is 0 Å². The molecule has 3 aliphatic rings. The molecule has 5 nitrogen and oxygen atoms in total. The van der Waals surface area contributed by atoms with E-state index in [1.54, 1.807) is 0 Å². The summed E-state index contributed by atoms with van der Waals surface area (Å²) in [5.41, 5.74) is 2.57. The highest BCUT2D eigenvalue weighted by Gasteiger charge is 2.35. The van der Waals surface area contributed by atoms with Gasteiger partial charge in [-0.1, -0.05) is 24.3 Å². The van der Waals surface area contributed by atoms with Crippen molar-refractivity contribution in [2.24, 2.45) is 0 Å². The summed E-state index contributed by atoms with van der Waals surface area (Å²) >= 11 is 0. The topological polar surface area (TPSA) is 52.7 Å². The predicted molar refractivity (Wildman–Crippen MR) is 91.8 cm³/mol. The molecule has 0 spiro atoms. The number of aryl methyl sites for hydroxylation is 1. The van der Waals surface area contributed by atoms with E-state index in [1.807, 2.05) is 15.9 Å². The summed E-state index contributed by atoms with van der Waals surface area (Å²) in [7, 11) is 0. The first-order chi connectivity index (χ1) is 11.7. The Labute approximate surface area is 143 Å². The van der Waals surface area contributed by atoms with Crippen molar-refractivity contribution in [2.75, 3.05) is 26.2 Å². The van der Waals surface area contributed by atoms with Gasteiger partial charge < -0.3 is 15.1 Å². The lowest BCUT2D eigenvalue weighted by molar-refractivity contribution is -0.134. The number of carbonyl (C=O) groups is 2. The number of piperidine rings is 1. The molecule has 2 aliphatic heterocycles. The van der Waals surface area contributed by atoms with Crippen LogP contribution in [-0.2, 0) is 11.2 Å². The first-order valence-corrected chi connectivity index (χ1v) is 9.15. The number of fused-ring (bicyclic) bond motifs is 1. The number of nitrogens with one attached hydrogen (secondary N) is 1. The number of amides is 3. The zero-order valence-corrected chi connectivity index (χ0v) is 14.0. The number of carbonyl (C=O) groups excluding carboxylic acids is 2. The molecule has 4 rings (SSSR count). The van der Waals surface area contributed by atoms with Crippen molar-refractivity contribution in [1.82, 2.24) is 15.1 Å². The molecule has 1 unspecified atom stereocenters. The van der Waals surface area contributed by atoms with Gasteiger partial charge >= 0.3 is 6.03 Å². The molecule has 0 radical (unpaired) electrons. The minimum absolute atomic E-state index is 0.0292. The third-order valence-corrected chi connectivity index (χ3v) is 5.77. The summed E-state index contributed by atoms with van der Waals surface area (Å²) in [4.78, 5) is 28.8. The molecule has 1 N–H and O–H groups in total. The molecule has 0 aromatic heterocycles. The molecule has 1 aliphatic carbocycles. The number of nitrogens with zero attached hydrogens (tertiary/aromatic N) is 2. The summed E-state index contributed by atoms with van der Waals surface area (Å²) in [6, 6.07) is 8.74. The van der Waals surface area contributed by atoms with Crippen LogP contribution in [-0.4, -0.2) is 54.0 Å². The van der Waals surface area contributed by atoms with Gasteiger partial charge in [-0.3, -0.25) is 4.79 Å². The third kappa shape index (κ3) is 2.76. The number of likely N-dealkylation sites (tertiary alicyclic amines) is 1. The van der Waals surface area contributed by atoms with E-state index in [1.165, 1.54) is 11.1 Å². The first kappa shape index (κ1) is 15.5. The Balaban J connectivity index is 1.41. The lowest BCUT2D eigenvalue weighted by Gasteiger charge is -2.38. The maximum absolute atomic E-state index is 13.0. The Morgan fingerprint density at radius 3 is 2.62 bits per heavy atom. The van der Waals surface area contributed by atoms with Crippen LogP contribution in [0.5, 0.6) is 0 Å². The van der Waals surface area contributed by atoms with Crippen LogP contribution in [0.25, 0.3) is 0 Å². The second-order valence-corrected chi connectivity index (χ2v) is 7.13. The van der Waals surface area contributed by atoms with Crippen LogP contribution in [0.4, 0.5) is 4.79 Å². The van der Waals surface area contributed by atoms with Gasteiger partial charge in [-0.25, -0.2) is 4.79 Å². The molecule has 24 heavy (non-hydrogen) atoms. The van der Waals surface area contributed by atoms with Gasteiger partial charge in [0.05, 0.1) is 5.92 Å². The molecule has 1 aromatic rings. The van der Waals surface area contributed by atoms with Crippen LogP contribution in [0.2, 0.25) is 0 Å². The van der Waals surface area contributed by atoms with E-state index in [0.717, 1.165) is 58.3 Å². The molecule has 128 valence electrons. The van der Waals surface area contributed by atoms with Crippen LogP contribution < -0.4 is 5.32 Å². The van der Waals surface area contributed by atoms with E-state index >= 15 is 0 Å². The summed E-state index contributed by atoms with van der Waals surface area (Å²) in [5, 5.41) is 2.87. The number of urea groups is 1. The normalized spacial score (nSPS) is 24.7. The van der Waals surface area contributed by atoms with E-state index in [4.69, 9.17) is 0 Å². The average molecular weight is 327 g/mol. The first-order valence-electron chi connectivity index (χ1n) is 9.15. The van der Waals surface area contributed by atoms with Crippen molar-refractivity contribution in [1.29, 1.82) is 0 Å². The summed E-state index contributed by atoms with van der Waals surface area (Å²) in [6.07, 6.45) is 4.94. The number of hydrogen-bond acceptors (Lipinski definition) is 2. The Kier molecular flexibility index (Phi) is 4.17. The number of hydrogen-bond donors (Lipinski definition) is 1. The van der Waals surface area contributed by atoms with Crippen molar-refractivity contribution < 1.29 is 9.59 Å². The largest absolute Gasteiger partial charge is 0.342 e. The van der Waals surface area contributed by atoms with E-state index in [-0.39, 0.29) is 23.9 Å². The highest BCUT2D eigenvalue weighted by atomic mass is 16.2. The van der Waals surface area contributed by atoms with Gasteiger partial charge in [-0.15, -0.1) is 0 Å². The molecule has 1 aromatic carbocycles. The smallest absolute Gasteiger partial charge is 0.317 e. The standard InChI is InChI=1S/C19H25N3O2/c23-18(17-7-3-5-14-4-1-2-6-16(14)17)21-11-8-15(9-12-21)22-13-10-20-19(22)24/h1-2,4,6,15,17H,3,5,7-13H2,(H,20,24). The lowest BCUT2D eigenvalue weighted by Crippen LogP contribution is -2.48. The van der Waals surface area contributed by atoms with E-state index in [9.17, 15) is 9.59 Å². The summed E-state index contributed by atoms with van der Waals surface area (Å²) < 4.78 is 0. The maximum atomic E-state index is 13.0. The van der Waals surface area contributed by atoms with Gasteiger partial charge in [-0.2, -0.15) is 0 Å². The SMILES string of the molecule is O=C(C1CCCc2ccccc21)N1CCC(N2CCNC2=O)CC1. The van der Waals surface area contributed by atoms with E-state index in [2.05, 4.69) is 23.5 Å². The summed E-state index contributed by atoms with van der Waals surface area (Å²) in [5.74, 6) is 0.313. The molecule has 1 atom stereocenters. The van der Waals surface area contributed by atoms with Gasteiger partial charge in [0.2, 0.25) is 5.91 Å². The molecule has 2 saturated heterocycles. The van der Waals surface area contributed by atoms with Crippen LogP contribution in [0.15, 0.2) is 24.3 Å². The van der Waals surface area contributed by atoms with Crippen LogP contribution >= 0.6 is 0 Å². The molecular weight excluding hydrogens is 302 g/mol. The van der Waals surface area contributed by atoms with Gasteiger partial charge in [0.25, 0.3) is 0 Å². The third-order valence-electron chi connectivity index (χ3n) is 5.77. The fourth-order valence-corrected chi connectivity index (χ4v) is 4.46. The zero-order chi connectivity index (χ0) is 16.5. The molecular formula is C19H25N3O2. The molecule has 0 saturated carbocycles. The number of rotatable bonds is 2. The second-order valence-electron chi connectivity index (χ2n) is 7.13. The monoisotopic (exact) mass is 327 g/mol. The highest BCUT2D eigenvalue weighted by Crippen LogP contribution is 2.33. The van der Waals surface area contributed by atoms with Crippen molar-refractivity contribution in [3.05, 3.63) is 35.4 Å². The van der Waals surface area contributed by atoms with Crippen LogP contribution in [0.3, 0.4) is 0 Å². The van der Waals surface area contributed by atoms with E-state index < -0.39 is 0 Å². The minimum atomic E-state index is 0.0292. The highest BCUT2D eigenvalue weighted by molar-refractivity contribution is 5.84. The van der Waals surface area contributed by atoms with Gasteiger partial charge in [-0.05, 0) is 43.2 Å². The fourth-order valence-electron chi connectivity index (χ4n) is 4.46. The maximum Gasteiger partial charge on any atom is 0.317 e. The molecule has 3 amide bonds. The molecule has 2 heterocycles. The molecule has 5 heteroatoms. The molecule has 2 fully saturated rings. The summed E-state index contributed by atoms with van der Waals surface area (Å²) in [6.45, 7) is 3.09. The lowest BCUT2D eigenvalue weighted by atomic mass is 9.81. The quantitative estimate of drug-likeness (QED) is 0.905. The Morgan fingerprint density at radius 1 is 1.08 bits per heavy atom. The van der Waals surface area contributed by atoms with Crippen molar-refractivity contribution in [3.63, 3.8) is 0 Å². The Morgan fingerprint density at radius 2 is 1.88 bits per heavy atom. The van der Waals surface area contributed by atoms with E-state index in [0.29, 0.717) is 0 Å². The predicted octanol–water partition coefficient (Wildman–Crippen LogP) is 2.12. The van der Waals surface area contributed by atoms with Gasteiger partial charge in [0.1, 0.15) is 0 Å². The number of benzene rings is 1. The van der Waals surface area contributed by atoms with Crippen LogP contribution in [0.1, 0.15) is 42.7 Å². The minimum Gasteiger partial charge on any atom is -0.342 e. The van der Waals surface area contributed by atoms with Gasteiger partial charge in [0, 0.05) is 32.2 Å². The average Bonchev–Trinajstić information content (AvgIpc) is 3.07. The van der Waals surface area contributed by atoms with Crippen molar-refractivity contribution in [2.45, 2.75) is 44.1 Å². The zero-order valence-electron chi connectivity index (χ0n) is 14.0. The van der Waals surface area contributed by atoms with Crippen molar-refractivity contribution in [3.8, 4) is 0 Å². The Bertz CT molecular complexity index is 637. The van der Waals surface area contributed by atoms with Crippen LogP contribution in [0, 0.1) is 0 Å². The molecule has 0 bridgehead atoms. The fraction of sp³-hybridized carbons (Fsp3) is 0.579.